The molecule has 0 fully saturated rings. The topological polar surface area (TPSA) is 36.1 Å². The summed E-state index contributed by atoms with van der Waals surface area (Å²) in [5.74, 6) is 0.514. The average Bonchev–Trinajstić information content (AvgIpc) is 2.04. The maximum atomic E-state index is 3.25. The average molecular weight is 172 g/mol. The Morgan fingerprint density at radius 2 is 1.50 bits per heavy atom. The van der Waals surface area contributed by atoms with Crippen LogP contribution in [0.5, 0.6) is 0 Å². The molecule has 0 spiro atoms. The van der Waals surface area contributed by atoms with Gasteiger partial charge in [0.25, 0.3) is 0 Å². The van der Waals surface area contributed by atoms with Crippen LogP contribution >= 0.6 is 0 Å². The van der Waals surface area contributed by atoms with Crippen molar-refractivity contribution in [2.75, 3.05) is 21.1 Å². The Balaban J connectivity index is 4.43. The molecule has 1 radical (unpaired) electrons. The molecule has 0 unspecified atom stereocenters. The molecule has 0 bridgehead atoms. The molecule has 0 aliphatic rings. The van der Waals surface area contributed by atoms with Crippen LogP contribution in [0, 0.1) is 12.0 Å². The maximum Gasteiger partial charge on any atom is 0.0862 e. The number of likely N-dealkylation sites (N-methyl/N-ethyl adjacent to an activating group) is 3. The molecule has 3 nitrogen and oxygen atoms in total. The number of rotatable bonds is 5. The van der Waals surface area contributed by atoms with Crippen molar-refractivity contribution in [2.24, 2.45) is 5.92 Å². The zero-order valence-corrected chi connectivity index (χ0v) is 9.08. The molecule has 0 rings (SSSR count). The van der Waals surface area contributed by atoms with E-state index in [0.717, 1.165) is 0 Å². The SMILES string of the molecule is CN[C](C(C)C)C(C)(NC)NC. The highest BCUT2D eigenvalue weighted by molar-refractivity contribution is 5.07. The summed E-state index contributed by atoms with van der Waals surface area (Å²) in [4.78, 5) is 0. The molecule has 0 aliphatic carbocycles. The fourth-order valence-electron chi connectivity index (χ4n) is 1.51. The van der Waals surface area contributed by atoms with Crippen LogP contribution in [0.25, 0.3) is 0 Å². The summed E-state index contributed by atoms with van der Waals surface area (Å²) in [6.45, 7) is 6.48. The van der Waals surface area contributed by atoms with Crippen LogP contribution in [0.2, 0.25) is 0 Å². The van der Waals surface area contributed by atoms with E-state index in [4.69, 9.17) is 0 Å². The van der Waals surface area contributed by atoms with Crippen LogP contribution in [0.4, 0.5) is 0 Å². The van der Waals surface area contributed by atoms with Crippen molar-refractivity contribution in [3.05, 3.63) is 6.04 Å². The first-order chi connectivity index (χ1) is 5.51. The third-order valence-electron chi connectivity index (χ3n) is 2.39. The van der Waals surface area contributed by atoms with Crippen molar-refractivity contribution in [3.63, 3.8) is 0 Å². The van der Waals surface area contributed by atoms with Crippen LogP contribution in [0.1, 0.15) is 20.8 Å². The lowest BCUT2D eigenvalue weighted by Crippen LogP contribution is -2.60. The van der Waals surface area contributed by atoms with E-state index in [0.29, 0.717) is 5.92 Å². The molecule has 0 amide bonds. The molecule has 0 aromatic carbocycles. The van der Waals surface area contributed by atoms with Gasteiger partial charge >= 0.3 is 0 Å². The molecular formula is C9H22N3. The lowest BCUT2D eigenvalue weighted by Gasteiger charge is -2.38. The molecule has 0 saturated heterocycles. The van der Waals surface area contributed by atoms with E-state index in [1.165, 1.54) is 6.04 Å². The van der Waals surface area contributed by atoms with Gasteiger partial charge < -0.3 is 16.0 Å². The highest BCUT2D eigenvalue weighted by atomic mass is 15.2. The maximum absolute atomic E-state index is 3.25. The minimum atomic E-state index is -0.122. The van der Waals surface area contributed by atoms with Gasteiger partial charge in [0.2, 0.25) is 0 Å². The molecule has 0 atom stereocenters. The quantitative estimate of drug-likeness (QED) is 0.530. The van der Waals surface area contributed by atoms with Gasteiger partial charge in [-0.15, -0.1) is 0 Å². The Bertz CT molecular complexity index is 119. The van der Waals surface area contributed by atoms with Gasteiger partial charge in [0.15, 0.2) is 0 Å². The lowest BCUT2D eigenvalue weighted by atomic mass is 9.92. The van der Waals surface area contributed by atoms with E-state index in [9.17, 15) is 0 Å². The molecule has 0 saturated carbocycles. The molecule has 0 aromatic rings. The first-order valence-corrected chi connectivity index (χ1v) is 4.44. The van der Waals surface area contributed by atoms with Crippen molar-refractivity contribution < 1.29 is 0 Å². The third kappa shape index (κ3) is 2.44. The summed E-state index contributed by atoms with van der Waals surface area (Å²) < 4.78 is 0. The normalized spacial score (nSPS) is 13.0. The van der Waals surface area contributed by atoms with Gasteiger partial charge in [-0.2, -0.15) is 0 Å². The van der Waals surface area contributed by atoms with Crippen molar-refractivity contribution >= 4 is 0 Å². The third-order valence-corrected chi connectivity index (χ3v) is 2.39. The minimum absolute atomic E-state index is 0.122. The van der Waals surface area contributed by atoms with E-state index in [1.54, 1.807) is 0 Å². The van der Waals surface area contributed by atoms with Gasteiger partial charge in [-0.05, 0) is 34.0 Å². The van der Waals surface area contributed by atoms with Gasteiger partial charge in [0, 0.05) is 0 Å². The summed E-state index contributed by atoms with van der Waals surface area (Å²) in [5.41, 5.74) is -0.122. The Labute approximate surface area is 76.3 Å². The predicted octanol–water partition coefficient (Wildman–Crippen LogP) is 0.549. The Kier molecular flexibility index (Phi) is 4.75. The first-order valence-electron chi connectivity index (χ1n) is 4.44. The van der Waals surface area contributed by atoms with Gasteiger partial charge in [-0.3, -0.25) is 0 Å². The Morgan fingerprint density at radius 3 is 1.58 bits per heavy atom. The summed E-state index contributed by atoms with van der Waals surface area (Å²) in [6, 6.07) is 1.27. The second kappa shape index (κ2) is 4.80. The van der Waals surface area contributed by atoms with Gasteiger partial charge in [-0.1, -0.05) is 13.8 Å². The molecule has 0 aliphatic heterocycles. The smallest absolute Gasteiger partial charge is 0.0862 e. The second-order valence-corrected chi connectivity index (χ2v) is 3.44. The molecule has 3 N–H and O–H groups in total. The van der Waals surface area contributed by atoms with E-state index in [2.05, 4.69) is 36.7 Å². The summed E-state index contributed by atoms with van der Waals surface area (Å²) in [5, 5.41) is 9.74. The van der Waals surface area contributed by atoms with E-state index >= 15 is 0 Å². The van der Waals surface area contributed by atoms with Crippen molar-refractivity contribution in [3.8, 4) is 0 Å². The van der Waals surface area contributed by atoms with Crippen molar-refractivity contribution in [2.45, 2.75) is 26.4 Å². The predicted molar refractivity (Wildman–Crippen MR) is 53.7 cm³/mol. The molecule has 3 heteroatoms. The number of hydrogen-bond acceptors (Lipinski definition) is 3. The lowest BCUT2D eigenvalue weighted by molar-refractivity contribution is 0.278. The molecule has 0 aromatic heterocycles. The van der Waals surface area contributed by atoms with Gasteiger partial charge in [0.05, 0.1) is 11.7 Å². The highest BCUT2D eigenvalue weighted by Gasteiger charge is 2.32. The Hall–Kier alpha value is -0.120. The van der Waals surface area contributed by atoms with Crippen LogP contribution in [-0.2, 0) is 0 Å². The van der Waals surface area contributed by atoms with E-state index in [1.807, 2.05) is 21.1 Å². The molecule has 0 heterocycles. The number of nitrogens with one attached hydrogen (secondary N) is 3. The number of hydrogen-bond donors (Lipinski definition) is 3. The van der Waals surface area contributed by atoms with Gasteiger partial charge in [-0.25, -0.2) is 0 Å². The second-order valence-electron chi connectivity index (χ2n) is 3.44. The monoisotopic (exact) mass is 172 g/mol. The fraction of sp³-hybridized carbons (Fsp3) is 0.889. The highest BCUT2D eigenvalue weighted by Crippen LogP contribution is 2.20. The first kappa shape index (κ1) is 11.9. The van der Waals surface area contributed by atoms with Crippen LogP contribution in [0.15, 0.2) is 0 Å². The summed E-state index contributed by atoms with van der Waals surface area (Å²) in [7, 11) is 5.87. The van der Waals surface area contributed by atoms with Gasteiger partial charge in [0.1, 0.15) is 0 Å². The zero-order chi connectivity index (χ0) is 9.78. The minimum Gasteiger partial charge on any atom is -0.310 e. The van der Waals surface area contributed by atoms with E-state index < -0.39 is 0 Å². The van der Waals surface area contributed by atoms with Crippen LogP contribution < -0.4 is 16.0 Å². The molecular weight excluding hydrogens is 150 g/mol. The zero-order valence-electron chi connectivity index (χ0n) is 9.08. The molecule has 12 heavy (non-hydrogen) atoms. The van der Waals surface area contributed by atoms with E-state index in [-0.39, 0.29) is 5.66 Å². The Morgan fingerprint density at radius 1 is 1.08 bits per heavy atom. The van der Waals surface area contributed by atoms with Crippen molar-refractivity contribution in [1.29, 1.82) is 0 Å². The standard InChI is InChI=1S/C9H22N3/c1-7(2)8(10-4)9(3,11-5)12-6/h7,10-12H,1-6H3. The molecule has 73 valence electrons. The van der Waals surface area contributed by atoms with Crippen LogP contribution in [-0.4, -0.2) is 26.8 Å². The largest absolute Gasteiger partial charge is 0.310 e. The van der Waals surface area contributed by atoms with Crippen LogP contribution in [0.3, 0.4) is 0 Å². The van der Waals surface area contributed by atoms with Crippen molar-refractivity contribution in [1.82, 2.24) is 16.0 Å². The summed E-state index contributed by atoms with van der Waals surface area (Å²) in [6.07, 6.45) is 0. The summed E-state index contributed by atoms with van der Waals surface area (Å²) >= 11 is 0. The fourth-order valence-corrected chi connectivity index (χ4v) is 1.51.